The quantitative estimate of drug-likeness (QED) is 0.430. The predicted molar refractivity (Wildman–Crippen MR) is 124 cm³/mol. The van der Waals surface area contributed by atoms with Gasteiger partial charge in [0.2, 0.25) is 5.91 Å². The van der Waals surface area contributed by atoms with E-state index in [0.717, 1.165) is 5.56 Å². The third kappa shape index (κ3) is 5.21. The van der Waals surface area contributed by atoms with Gasteiger partial charge in [0.1, 0.15) is 11.7 Å². The van der Waals surface area contributed by atoms with Crippen molar-refractivity contribution in [3.63, 3.8) is 0 Å². The molecule has 1 aliphatic heterocycles. The summed E-state index contributed by atoms with van der Waals surface area (Å²) >= 11 is 13.6. The van der Waals surface area contributed by atoms with Crippen LogP contribution in [-0.4, -0.2) is 25.6 Å². The van der Waals surface area contributed by atoms with Gasteiger partial charge in [-0.2, -0.15) is 5.26 Å². The van der Waals surface area contributed by atoms with E-state index in [0.29, 0.717) is 38.7 Å². The Morgan fingerprint density at radius 1 is 1.22 bits per heavy atom. The Morgan fingerprint density at radius 3 is 2.53 bits per heavy atom. The van der Waals surface area contributed by atoms with E-state index < -0.39 is 23.7 Å². The van der Waals surface area contributed by atoms with Crippen molar-refractivity contribution < 1.29 is 19.1 Å². The number of hydrogen-bond donors (Lipinski definition) is 1. The molecule has 2 atom stereocenters. The van der Waals surface area contributed by atoms with Crippen molar-refractivity contribution in [2.75, 3.05) is 13.7 Å². The Labute approximate surface area is 200 Å². The van der Waals surface area contributed by atoms with E-state index in [-0.39, 0.29) is 5.57 Å². The first-order valence-electron chi connectivity index (χ1n) is 9.72. The number of carbonyl (C=O) groups excluding carboxylic acids is 2. The van der Waals surface area contributed by atoms with Crippen LogP contribution in [0.25, 0.3) is 0 Å². The van der Waals surface area contributed by atoms with Crippen LogP contribution in [0.1, 0.15) is 24.0 Å². The second kappa shape index (κ2) is 10.8. The molecule has 1 amide bonds. The molecule has 0 spiro atoms. The van der Waals surface area contributed by atoms with Crippen LogP contribution in [-0.2, 0) is 20.1 Å². The number of benzene rings is 2. The number of halogens is 2. The fourth-order valence-corrected chi connectivity index (χ4v) is 4.77. The van der Waals surface area contributed by atoms with Gasteiger partial charge in [0.05, 0.1) is 35.4 Å². The summed E-state index contributed by atoms with van der Waals surface area (Å²) in [6, 6.07) is 14.4. The van der Waals surface area contributed by atoms with Gasteiger partial charge in [-0.25, -0.2) is 0 Å². The third-order valence-electron chi connectivity index (χ3n) is 4.90. The van der Waals surface area contributed by atoms with Crippen molar-refractivity contribution in [1.29, 1.82) is 5.26 Å². The van der Waals surface area contributed by atoms with Gasteiger partial charge < -0.3 is 14.8 Å². The number of hydrogen-bond acceptors (Lipinski definition) is 6. The van der Waals surface area contributed by atoms with Crippen LogP contribution in [0.5, 0.6) is 5.75 Å². The highest BCUT2D eigenvalue weighted by atomic mass is 35.5. The Morgan fingerprint density at radius 2 is 1.94 bits per heavy atom. The summed E-state index contributed by atoms with van der Waals surface area (Å²) in [5.74, 6) is -2.35. The van der Waals surface area contributed by atoms with Gasteiger partial charge in [-0.15, -0.1) is 11.8 Å². The summed E-state index contributed by atoms with van der Waals surface area (Å²) in [6.07, 6.45) is 0. The van der Waals surface area contributed by atoms with Crippen LogP contribution in [0.2, 0.25) is 10.0 Å². The standard InChI is InChI=1S/C23H20Cl2N2O4S/c1-3-31-18-9-6-14(10-17(18)25)19-16(11-26)22(27-21(28)20(19)23(29)30-2)32-12-13-4-7-15(24)8-5-13/h4-10,19-20H,3,12H2,1-2H3,(H,27,28)/t19-,20-/m0/s1. The highest BCUT2D eigenvalue weighted by molar-refractivity contribution is 8.02. The third-order valence-corrected chi connectivity index (χ3v) is 6.53. The topological polar surface area (TPSA) is 88.4 Å². The number of amides is 1. The summed E-state index contributed by atoms with van der Waals surface area (Å²) in [4.78, 5) is 25.4. The van der Waals surface area contributed by atoms with E-state index in [1.165, 1.54) is 18.9 Å². The van der Waals surface area contributed by atoms with Crippen LogP contribution in [0, 0.1) is 17.2 Å². The van der Waals surface area contributed by atoms with Crippen LogP contribution in [0.3, 0.4) is 0 Å². The summed E-state index contributed by atoms with van der Waals surface area (Å²) in [6.45, 7) is 2.27. The predicted octanol–water partition coefficient (Wildman–Crippen LogP) is 5.06. The minimum Gasteiger partial charge on any atom is -0.492 e. The second-order valence-electron chi connectivity index (χ2n) is 6.86. The van der Waals surface area contributed by atoms with E-state index in [4.69, 9.17) is 32.7 Å². The maximum Gasteiger partial charge on any atom is 0.319 e. The number of esters is 1. The molecule has 0 radical (unpaired) electrons. The molecule has 0 aliphatic carbocycles. The minimum atomic E-state index is -1.22. The Balaban J connectivity index is 2.03. The summed E-state index contributed by atoms with van der Waals surface area (Å²) in [5.41, 5.74) is 1.78. The smallest absolute Gasteiger partial charge is 0.319 e. The largest absolute Gasteiger partial charge is 0.492 e. The number of thioether (sulfide) groups is 1. The molecule has 0 bridgehead atoms. The molecule has 1 aliphatic rings. The molecule has 2 aromatic rings. The van der Waals surface area contributed by atoms with E-state index in [9.17, 15) is 14.9 Å². The van der Waals surface area contributed by atoms with E-state index in [1.807, 2.05) is 19.1 Å². The Bertz CT molecular complexity index is 1100. The molecule has 3 rings (SSSR count). The number of carbonyl (C=O) groups is 2. The number of rotatable bonds is 7. The number of methoxy groups -OCH3 is 1. The molecule has 9 heteroatoms. The van der Waals surface area contributed by atoms with Gasteiger partial charge in [0, 0.05) is 16.7 Å². The molecule has 0 unspecified atom stereocenters. The van der Waals surface area contributed by atoms with E-state index >= 15 is 0 Å². The zero-order chi connectivity index (χ0) is 23.3. The van der Waals surface area contributed by atoms with Crippen molar-refractivity contribution >= 4 is 46.8 Å². The van der Waals surface area contributed by atoms with Crippen LogP contribution in [0.15, 0.2) is 53.1 Å². The first-order valence-corrected chi connectivity index (χ1v) is 11.5. The van der Waals surface area contributed by atoms with E-state index in [1.54, 1.807) is 30.3 Å². The molecular formula is C23H20Cl2N2O4S. The lowest BCUT2D eigenvalue weighted by Crippen LogP contribution is -2.44. The zero-order valence-electron chi connectivity index (χ0n) is 17.4. The monoisotopic (exact) mass is 490 g/mol. The summed E-state index contributed by atoms with van der Waals surface area (Å²) in [5, 5.41) is 14.0. The Hall–Kier alpha value is -2.66. The number of nitrogens with zero attached hydrogens (tertiary/aromatic N) is 1. The molecule has 0 saturated carbocycles. The molecule has 0 fully saturated rings. The molecule has 1 heterocycles. The van der Waals surface area contributed by atoms with Crippen molar-refractivity contribution in [2.24, 2.45) is 5.92 Å². The van der Waals surface area contributed by atoms with Crippen LogP contribution in [0.4, 0.5) is 0 Å². The van der Waals surface area contributed by atoms with Gasteiger partial charge in [-0.05, 0) is 42.3 Å². The molecule has 0 saturated heterocycles. The fraction of sp³-hybridized carbons (Fsp3) is 0.261. The molecule has 6 nitrogen and oxygen atoms in total. The van der Waals surface area contributed by atoms with Crippen LogP contribution >= 0.6 is 35.0 Å². The SMILES string of the molecule is CCOc1ccc([C@H]2C(C#N)=C(SCc3ccc(Cl)cc3)NC(=O)[C@H]2C(=O)OC)cc1Cl. The summed E-state index contributed by atoms with van der Waals surface area (Å²) in [7, 11) is 1.21. The van der Waals surface area contributed by atoms with Gasteiger partial charge in [0.15, 0.2) is 0 Å². The van der Waals surface area contributed by atoms with E-state index in [2.05, 4.69) is 11.4 Å². The fourth-order valence-electron chi connectivity index (χ4n) is 3.40. The molecule has 166 valence electrons. The maximum atomic E-state index is 12.9. The van der Waals surface area contributed by atoms with Gasteiger partial charge in [-0.3, -0.25) is 9.59 Å². The van der Waals surface area contributed by atoms with Crippen molar-refractivity contribution in [3.8, 4) is 11.8 Å². The van der Waals surface area contributed by atoms with Crippen LogP contribution < -0.4 is 10.1 Å². The second-order valence-corrected chi connectivity index (χ2v) is 8.69. The number of allylic oxidation sites excluding steroid dienone is 1. The van der Waals surface area contributed by atoms with Crippen molar-refractivity contribution in [2.45, 2.75) is 18.6 Å². The summed E-state index contributed by atoms with van der Waals surface area (Å²) < 4.78 is 10.3. The Kier molecular flexibility index (Phi) is 8.08. The van der Waals surface area contributed by atoms with Crippen molar-refractivity contribution in [1.82, 2.24) is 5.32 Å². The normalized spacial score (nSPS) is 18.0. The molecule has 32 heavy (non-hydrogen) atoms. The molecule has 1 N–H and O–H groups in total. The molecule has 0 aromatic heterocycles. The highest BCUT2D eigenvalue weighted by Crippen LogP contribution is 2.42. The first-order chi connectivity index (χ1) is 15.4. The van der Waals surface area contributed by atoms with Gasteiger partial charge in [0.25, 0.3) is 0 Å². The average Bonchev–Trinajstić information content (AvgIpc) is 2.79. The van der Waals surface area contributed by atoms with Crippen molar-refractivity contribution in [3.05, 3.63) is 74.2 Å². The van der Waals surface area contributed by atoms with Gasteiger partial charge >= 0.3 is 5.97 Å². The molecule has 2 aromatic carbocycles. The number of ether oxygens (including phenoxy) is 2. The number of nitriles is 1. The maximum absolute atomic E-state index is 12.9. The van der Waals surface area contributed by atoms with Gasteiger partial charge in [-0.1, -0.05) is 41.4 Å². The minimum absolute atomic E-state index is 0.263. The first kappa shape index (κ1) is 24.0. The zero-order valence-corrected chi connectivity index (χ0v) is 19.7. The highest BCUT2D eigenvalue weighted by Gasteiger charge is 2.44. The number of nitrogens with one attached hydrogen (secondary N) is 1. The molecular weight excluding hydrogens is 471 g/mol. The lowest BCUT2D eigenvalue weighted by atomic mass is 9.78. The lowest BCUT2D eigenvalue weighted by molar-refractivity contribution is -0.150. The lowest BCUT2D eigenvalue weighted by Gasteiger charge is -2.31. The average molecular weight is 491 g/mol.